The molecule has 0 aliphatic carbocycles. The summed E-state index contributed by atoms with van der Waals surface area (Å²) < 4.78 is 0. The highest BCUT2D eigenvalue weighted by Gasteiger charge is 2.40. The van der Waals surface area contributed by atoms with Crippen LogP contribution in [0.4, 0.5) is 0 Å². The zero-order chi connectivity index (χ0) is 13.2. The van der Waals surface area contributed by atoms with Crippen LogP contribution in [0.25, 0.3) is 0 Å². The van der Waals surface area contributed by atoms with Gasteiger partial charge in [0.05, 0.1) is 6.04 Å². The molecular weight excluding hydrogens is 222 g/mol. The molecule has 1 rings (SSSR count). The number of hydrogen-bond acceptors (Lipinski definition) is 4. The van der Waals surface area contributed by atoms with Gasteiger partial charge in [-0.3, -0.25) is 19.8 Å². The number of nitrogens with zero attached hydrogens (tertiary/aromatic N) is 1. The molecule has 0 aromatic heterocycles. The second kappa shape index (κ2) is 4.83. The Hall–Kier alpha value is -1.43. The Morgan fingerprint density at radius 2 is 2.06 bits per heavy atom. The summed E-state index contributed by atoms with van der Waals surface area (Å²) in [6, 6.07) is -0.437. The normalized spacial score (nSPS) is 22.1. The molecule has 6 nitrogen and oxygen atoms in total. The smallest absolute Gasteiger partial charge is 0.259 e. The van der Waals surface area contributed by atoms with Crippen molar-refractivity contribution >= 4 is 17.6 Å². The van der Waals surface area contributed by atoms with Crippen molar-refractivity contribution in [2.45, 2.75) is 45.2 Å². The van der Waals surface area contributed by atoms with Crippen molar-refractivity contribution in [2.24, 2.45) is 0 Å². The lowest BCUT2D eigenvalue weighted by Gasteiger charge is -2.36. The van der Waals surface area contributed by atoms with Gasteiger partial charge in [0.1, 0.15) is 5.54 Å². The van der Waals surface area contributed by atoms with Gasteiger partial charge >= 0.3 is 0 Å². The summed E-state index contributed by atoms with van der Waals surface area (Å²) in [6.45, 7) is 4.63. The number of ketones is 1. The molecule has 0 aromatic carbocycles. The molecule has 2 amide bonds. The maximum atomic E-state index is 12.2. The van der Waals surface area contributed by atoms with Crippen LogP contribution in [0.2, 0.25) is 0 Å². The van der Waals surface area contributed by atoms with Crippen LogP contribution in [-0.2, 0) is 14.4 Å². The summed E-state index contributed by atoms with van der Waals surface area (Å²) >= 11 is 0. The first kappa shape index (κ1) is 13.6. The molecule has 0 saturated carbocycles. The van der Waals surface area contributed by atoms with Crippen LogP contribution in [-0.4, -0.2) is 41.2 Å². The lowest BCUT2D eigenvalue weighted by atomic mass is 9.98. The molecule has 1 aliphatic rings. The first-order valence-electron chi connectivity index (χ1n) is 5.62. The number of rotatable bonds is 3. The highest BCUT2D eigenvalue weighted by molar-refractivity contribution is 5.95. The number of amides is 2. The molecule has 0 aromatic rings. The van der Waals surface area contributed by atoms with Crippen LogP contribution in [0.5, 0.6) is 0 Å². The number of hydrazine groups is 1. The average molecular weight is 241 g/mol. The van der Waals surface area contributed by atoms with E-state index in [1.807, 2.05) is 0 Å². The van der Waals surface area contributed by atoms with Gasteiger partial charge in [-0.2, -0.15) is 0 Å². The van der Waals surface area contributed by atoms with E-state index in [9.17, 15) is 14.4 Å². The molecule has 0 radical (unpaired) electrons. The van der Waals surface area contributed by atoms with Gasteiger partial charge in [-0.1, -0.05) is 0 Å². The van der Waals surface area contributed by atoms with E-state index in [0.29, 0.717) is 6.42 Å². The number of nitrogens with one attached hydrogen (secondary N) is 2. The van der Waals surface area contributed by atoms with Gasteiger partial charge in [0.15, 0.2) is 5.78 Å². The molecule has 6 heteroatoms. The lowest BCUT2D eigenvalue weighted by Crippen LogP contribution is -2.62. The van der Waals surface area contributed by atoms with Crippen LogP contribution >= 0.6 is 0 Å². The van der Waals surface area contributed by atoms with Gasteiger partial charge in [-0.25, -0.2) is 5.01 Å². The highest BCUT2D eigenvalue weighted by atomic mass is 16.2. The Morgan fingerprint density at radius 3 is 2.53 bits per heavy atom. The molecule has 1 heterocycles. The van der Waals surface area contributed by atoms with Crippen molar-refractivity contribution in [3.63, 3.8) is 0 Å². The first-order valence-corrected chi connectivity index (χ1v) is 5.62. The van der Waals surface area contributed by atoms with Crippen molar-refractivity contribution in [2.75, 3.05) is 7.05 Å². The molecular formula is C11H19N3O3. The molecule has 17 heavy (non-hydrogen) atoms. The van der Waals surface area contributed by atoms with Crippen LogP contribution in [0.15, 0.2) is 0 Å². The number of carbonyl (C=O) groups excluding carboxylic acids is 3. The fraction of sp³-hybridized carbons (Fsp3) is 0.727. The molecule has 1 aliphatic heterocycles. The molecule has 1 saturated heterocycles. The van der Waals surface area contributed by atoms with Gasteiger partial charge in [0.25, 0.3) is 5.91 Å². The Kier molecular flexibility index (Phi) is 3.87. The van der Waals surface area contributed by atoms with E-state index in [0.717, 1.165) is 5.01 Å². The molecule has 0 bridgehead atoms. The van der Waals surface area contributed by atoms with Gasteiger partial charge in [-0.15, -0.1) is 0 Å². The third-order valence-electron chi connectivity index (χ3n) is 3.18. The van der Waals surface area contributed by atoms with Crippen LogP contribution in [0, 0.1) is 0 Å². The maximum Gasteiger partial charge on any atom is 0.259 e. The van der Waals surface area contributed by atoms with E-state index in [-0.39, 0.29) is 24.0 Å². The second-order valence-electron chi connectivity index (χ2n) is 4.70. The molecule has 0 spiro atoms. The molecule has 1 atom stereocenters. The van der Waals surface area contributed by atoms with E-state index in [4.69, 9.17) is 0 Å². The maximum absolute atomic E-state index is 12.2. The average Bonchev–Trinajstić information content (AvgIpc) is 2.39. The van der Waals surface area contributed by atoms with Crippen LogP contribution in [0.3, 0.4) is 0 Å². The van der Waals surface area contributed by atoms with E-state index < -0.39 is 11.6 Å². The van der Waals surface area contributed by atoms with Crippen molar-refractivity contribution in [1.82, 2.24) is 15.8 Å². The predicted molar refractivity (Wildman–Crippen MR) is 61.8 cm³/mol. The fourth-order valence-corrected chi connectivity index (χ4v) is 1.63. The Bertz CT molecular complexity index is 352. The van der Waals surface area contributed by atoms with Crippen molar-refractivity contribution in [1.29, 1.82) is 0 Å². The zero-order valence-corrected chi connectivity index (χ0v) is 10.7. The highest BCUT2D eigenvalue weighted by Crippen LogP contribution is 2.18. The van der Waals surface area contributed by atoms with Crippen LogP contribution < -0.4 is 10.7 Å². The minimum Gasteiger partial charge on any atom is -0.309 e. The minimum atomic E-state index is -1.04. The number of hydrogen-bond donors (Lipinski definition) is 2. The Labute approximate surface area is 101 Å². The zero-order valence-electron chi connectivity index (χ0n) is 10.7. The second-order valence-corrected chi connectivity index (χ2v) is 4.70. The monoisotopic (exact) mass is 241 g/mol. The Balaban J connectivity index is 3.05. The molecule has 0 unspecified atom stereocenters. The quantitative estimate of drug-likeness (QED) is 0.704. The topological polar surface area (TPSA) is 78.5 Å². The summed E-state index contributed by atoms with van der Waals surface area (Å²) in [4.78, 5) is 35.3. The number of likely N-dealkylation sites (N-methyl/N-ethyl adjacent to an activating group) is 1. The van der Waals surface area contributed by atoms with Gasteiger partial charge in [0, 0.05) is 6.42 Å². The third-order valence-corrected chi connectivity index (χ3v) is 3.18. The third kappa shape index (κ3) is 2.63. The summed E-state index contributed by atoms with van der Waals surface area (Å²) in [5.74, 6) is -0.702. The number of carbonyl (C=O) groups is 3. The molecule has 1 fully saturated rings. The van der Waals surface area contributed by atoms with Crippen molar-refractivity contribution in [3.05, 3.63) is 0 Å². The summed E-state index contributed by atoms with van der Waals surface area (Å²) in [5.41, 5.74) is 1.46. The van der Waals surface area contributed by atoms with E-state index in [1.54, 1.807) is 20.9 Å². The van der Waals surface area contributed by atoms with Gasteiger partial charge in [-0.05, 0) is 34.2 Å². The largest absolute Gasteiger partial charge is 0.309 e. The SMILES string of the molecule is CN[C@@H]1CCC(=O)NN(C(C)(C)C(C)=O)C1=O. The summed E-state index contributed by atoms with van der Waals surface area (Å²) in [6.07, 6.45) is 0.702. The van der Waals surface area contributed by atoms with E-state index >= 15 is 0 Å². The summed E-state index contributed by atoms with van der Waals surface area (Å²) in [7, 11) is 1.66. The standard InChI is InChI=1S/C11H19N3O3/c1-7(15)11(2,3)14-10(17)8(12-4)5-6-9(16)13-14/h8,12H,5-6H2,1-4H3,(H,13,16)/t8-/m1/s1. The fourth-order valence-electron chi connectivity index (χ4n) is 1.63. The number of Topliss-reactive ketones (excluding diaryl/α,β-unsaturated/α-hetero) is 1. The van der Waals surface area contributed by atoms with Crippen molar-refractivity contribution in [3.8, 4) is 0 Å². The van der Waals surface area contributed by atoms with E-state index in [1.165, 1.54) is 6.92 Å². The molecule has 96 valence electrons. The molecule has 2 N–H and O–H groups in total. The summed E-state index contributed by atoms with van der Waals surface area (Å²) in [5, 5.41) is 4.01. The van der Waals surface area contributed by atoms with Gasteiger partial charge < -0.3 is 5.32 Å². The van der Waals surface area contributed by atoms with Crippen molar-refractivity contribution < 1.29 is 14.4 Å². The minimum absolute atomic E-state index is 0.178. The lowest BCUT2D eigenvalue weighted by molar-refractivity contribution is -0.152. The van der Waals surface area contributed by atoms with E-state index in [2.05, 4.69) is 10.7 Å². The predicted octanol–water partition coefficient (Wildman–Crippen LogP) is -0.404. The first-order chi connectivity index (χ1) is 7.80. The van der Waals surface area contributed by atoms with Gasteiger partial charge in [0.2, 0.25) is 5.91 Å². The van der Waals surface area contributed by atoms with Crippen LogP contribution in [0.1, 0.15) is 33.6 Å². The Morgan fingerprint density at radius 1 is 1.47 bits per heavy atom.